The first-order chi connectivity index (χ1) is 20.2. The Morgan fingerprint density at radius 2 is 1.76 bits per heavy atom. The zero-order valence-corrected chi connectivity index (χ0v) is 25.3. The lowest BCUT2D eigenvalue weighted by Gasteiger charge is -2.35. The Kier molecular flexibility index (Phi) is 10.6. The second kappa shape index (κ2) is 14.2. The van der Waals surface area contributed by atoms with Crippen molar-refractivity contribution in [2.75, 3.05) is 27.4 Å². The standard InChI is InChI=1S/C35H43FO6/c1-6-35(2,3)34(41-17-16-39-4)31-20-27(12-14-28(31)30-19-26(40-5)13-15-32(30)36)42-22-23-8-7-9-25(18-23)29(21-33(37)38)24-10-11-24/h7-9,12-15,18-20,24,29,34H,6,10-11,16-17,21-22H2,1-5H3,(H,37,38). The Labute approximate surface area is 248 Å². The monoisotopic (exact) mass is 578 g/mol. The molecule has 0 heterocycles. The molecule has 1 fully saturated rings. The van der Waals surface area contributed by atoms with Crippen LogP contribution in [0.25, 0.3) is 11.1 Å². The largest absolute Gasteiger partial charge is 0.497 e. The molecule has 2 atom stereocenters. The van der Waals surface area contributed by atoms with Gasteiger partial charge in [-0.15, -0.1) is 0 Å². The molecule has 3 aromatic carbocycles. The zero-order valence-electron chi connectivity index (χ0n) is 25.3. The van der Waals surface area contributed by atoms with Gasteiger partial charge in [0, 0.05) is 12.7 Å². The molecular formula is C35H43FO6. The van der Waals surface area contributed by atoms with Crippen LogP contribution in [0.4, 0.5) is 4.39 Å². The lowest BCUT2D eigenvalue weighted by molar-refractivity contribution is -0.137. The van der Waals surface area contributed by atoms with E-state index in [0.29, 0.717) is 48.4 Å². The van der Waals surface area contributed by atoms with E-state index in [0.717, 1.165) is 36.0 Å². The van der Waals surface area contributed by atoms with Crippen molar-refractivity contribution in [1.29, 1.82) is 0 Å². The number of carboxylic acids is 1. The Morgan fingerprint density at radius 1 is 1.00 bits per heavy atom. The van der Waals surface area contributed by atoms with E-state index in [9.17, 15) is 9.90 Å². The maximum atomic E-state index is 15.2. The van der Waals surface area contributed by atoms with Crippen LogP contribution in [-0.2, 0) is 20.9 Å². The zero-order chi connectivity index (χ0) is 30.3. The van der Waals surface area contributed by atoms with Crippen molar-refractivity contribution in [3.05, 3.63) is 83.2 Å². The molecule has 4 rings (SSSR count). The molecule has 0 amide bonds. The average Bonchev–Trinajstić information content (AvgIpc) is 3.83. The van der Waals surface area contributed by atoms with E-state index >= 15 is 4.39 Å². The lowest BCUT2D eigenvalue weighted by atomic mass is 9.78. The molecule has 6 nitrogen and oxygen atoms in total. The van der Waals surface area contributed by atoms with Crippen LogP contribution < -0.4 is 9.47 Å². The van der Waals surface area contributed by atoms with Gasteiger partial charge in [-0.3, -0.25) is 4.79 Å². The molecular weight excluding hydrogens is 535 g/mol. The number of hydrogen-bond donors (Lipinski definition) is 1. The van der Waals surface area contributed by atoms with Gasteiger partial charge in [0.25, 0.3) is 0 Å². The molecule has 1 N–H and O–H groups in total. The Balaban J connectivity index is 1.68. The van der Waals surface area contributed by atoms with Gasteiger partial charge in [0.2, 0.25) is 0 Å². The Morgan fingerprint density at radius 3 is 2.43 bits per heavy atom. The van der Waals surface area contributed by atoms with Crippen LogP contribution in [0.3, 0.4) is 0 Å². The summed E-state index contributed by atoms with van der Waals surface area (Å²) >= 11 is 0. The van der Waals surface area contributed by atoms with E-state index in [2.05, 4.69) is 26.8 Å². The van der Waals surface area contributed by atoms with E-state index in [4.69, 9.17) is 18.9 Å². The van der Waals surface area contributed by atoms with Crippen molar-refractivity contribution < 1.29 is 33.2 Å². The van der Waals surface area contributed by atoms with Crippen LogP contribution in [0.15, 0.2) is 60.7 Å². The van der Waals surface area contributed by atoms with Crippen LogP contribution in [0.1, 0.15) is 75.2 Å². The summed E-state index contributed by atoms with van der Waals surface area (Å²) in [6.07, 6.45) is 2.76. The van der Waals surface area contributed by atoms with Crippen LogP contribution >= 0.6 is 0 Å². The summed E-state index contributed by atoms with van der Waals surface area (Å²) in [5, 5.41) is 9.44. The van der Waals surface area contributed by atoms with Crippen molar-refractivity contribution in [2.24, 2.45) is 11.3 Å². The molecule has 1 aliphatic rings. The van der Waals surface area contributed by atoms with Gasteiger partial charge in [0.1, 0.15) is 23.9 Å². The van der Waals surface area contributed by atoms with Gasteiger partial charge in [0.15, 0.2) is 0 Å². The topological polar surface area (TPSA) is 74.2 Å². The molecule has 1 saturated carbocycles. The number of methoxy groups -OCH3 is 2. The van der Waals surface area contributed by atoms with Crippen molar-refractivity contribution in [3.8, 4) is 22.6 Å². The first kappa shape index (κ1) is 31.5. The van der Waals surface area contributed by atoms with Gasteiger partial charge >= 0.3 is 5.97 Å². The quantitative estimate of drug-likeness (QED) is 0.173. The molecule has 0 bridgehead atoms. The first-order valence-corrected chi connectivity index (χ1v) is 14.7. The molecule has 0 saturated heterocycles. The number of carboxylic acid groups (broad SMARTS) is 1. The molecule has 0 radical (unpaired) electrons. The van der Waals surface area contributed by atoms with Crippen LogP contribution in [0.2, 0.25) is 0 Å². The summed E-state index contributed by atoms with van der Waals surface area (Å²) in [6.45, 7) is 7.55. The third kappa shape index (κ3) is 7.90. The van der Waals surface area contributed by atoms with Gasteiger partial charge in [-0.1, -0.05) is 51.1 Å². The summed E-state index contributed by atoms with van der Waals surface area (Å²) < 4.78 is 38.6. The number of hydrogen-bond acceptors (Lipinski definition) is 5. The normalized spacial score (nSPS) is 14.8. The molecule has 226 valence electrons. The Hall–Kier alpha value is -3.42. The molecule has 0 aliphatic heterocycles. The minimum atomic E-state index is -0.772. The highest BCUT2D eigenvalue weighted by Crippen LogP contribution is 2.46. The maximum absolute atomic E-state index is 15.2. The van der Waals surface area contributed by atoms with E-state index in [-0.39, 0.29) is 29.7 Å². The summed E-state index contributed by atoms with van der Waals surface area (Å²) in [5.74, 6) is 0.536. The third-order valence-corrected chi connectivity index (χ3v) is 8.33. The average molecular weight is 579 g/mol. The maximum Gasteiger partial charge on any atom is 0.303 e. The summed E-state index contributed by atoms with van der Waals surface area (Å²) in [4.78, 5) is 11.5. The highest BCUT2D eigenvalue weighted by molar-refractivity contribution is 5.71. The smallest absolute Gasteiger partial charge is 0.303 e. The van der Waals surface area contributed by atoms with E-state index in [1.165, 1.54) is 6.07 Å². The van der Waals surface area contributed by atoms with E-state index < -0.39 is 5.97 Å². The number of ether oxygens (including phenoxy) is 4. The van der Waals surface area contributed by atoms with Gasteiger partial charge in [-0.25, -0.2) is 4.39 Å². The minimum Gasteiger partial charge on any atom is -0.497 e. The number of halogens is 1. The van der Waals surface area contributed by atoms with Crippen molar-refractivity contribution in [1.82, 2.24) is 0 Å². The van der Waals surface area contributed by atoms with Crippen molar-refractivity contribution >= 4 is 5.97 Å². The predicted molar refractivity (Wildman–Crippen MR) is 162 cm³/mol. The molecule has 3 aromatic rings. The number of aliphatic carboxylic acids is 1. The Bertz CT molecular complexity index is 1350. The summed E-state index contributed by atoms with van der Waals surface area (Å²) in [7, 11) is 3.20. The fourth-order valence-corrected chi connectivity index (χ4v) is 5.43. The SMILES string of the molecule is CCC(C)(C)C(OCCOC)c1cc(OCc2cccc(C(CC(=O)O)C3CC3)c2)ccc1-c1cc(OC)ccc1F. The van der Waals surface area contributed by atoms with Gasteiger partial charge in [0.05, 0.1) is 32.8 Å². The summed E-state index contributed by atoms with van der Waals surface area (Å²) in [6, 6.07) is 18.4. The minimum absolute atomic E-state index is 0.0207. The molecule has 42 heavy (non-hydrogen) atoms. The molecule has 0 spiro atoms. The van der Waals surface area contributed by atoms with Gasteiger partial charge in [-0.2, -0.15) is 0 Å². The van der Waals surface area contributed by atoms with E-state index in [1.807, 2.05) is 36.4 Å². The third-order valence-electron chi connectivity index (χ3n) is 8.33. The fraction of sp³-hybridized carbons (Fsp3) is 0.457. The van der Waals surface area contributed by atoms with Gasteiger partial charge < -0.3 is 24.1 Å². The number of rotatable bonds is 16. The lowest BCUT2D eigenvalue weighted by Crippen LogP contribution is -2.26. The van der Waals surface area contributed by atoms with Crippen molar-refractivity contribution in [2.45, 2.75) is 65.1 Å². The van der Waals surface area contributed by atoms with E-state index in [1.54, 1.807) is 26.4 Å². The first-order valence-electron chi connectivity index (χ1n) is 14.7. The molecule has 7 heteroatoms. The number of benzene rings is 3. The van der Waals surface area contributed by atoms with Crippen LogP contribution in [0.5, 0.6) is 11.5 Å². The highest BCUT2D eigenvalue weighted by Gasteiger charge is 2.34. The molecule has 2 unspecified atom stereocenters. The van der Waals surface area contributed by atoms with Crippen molar-refractivity contribution in [3.63, 3.8) is 0 Å². The number of carbonyl (C=O) groups is 1. The second-order valence-corrected chi connectivity index (χ2v) is 11.8. The van der Waals surface area contributed by atoms with Crippen LogP contribution in [0, 0.1) is 17.2 Å². The molecule has 1 aliphatic carbocycles. The van der Waals surface area contributed by atoms with Crippen LogP contribution in [-0.4, -0.2) is 38.5 Å². The fourth-order valence-electron chi connectivity index (χ4n) is 5.43. The summed E-state index contributed by atoms with van der Waals surface area (Å²) in [5.41, 5.74) is 3.71. The predicted octanol–water partition coefficient (Wildman–Crippen LogP) is 8.19. The highest BCUT2D eigenvalue weighted by atomic mass is 19.1. The molecule has 0 aromatic heterocycles. The van der Waals surface area contributed by atoms with Gasteiger partial charge in [-0.05, 0) is 89.1 Å². The second-order valence-electron chi connectivity index (χ2n) is 11.8.